The lowest BCUT2D eigenvalue weighted by Crippen LogP contribution is -2.41. The van der Waals surface area contributed by atoms with Gasteiger partial charge >= 0.3 is 0 Å². The normalized spacial score (nSPS) is 17.6. The van der Waals surface area contributed by atoms with Crippen molar-refractivity contribution in [2.75, 3.05) is 23.3 Å². The number of carbonyl (C=O) groups excluding carboxylic acids is 1. The summed E-state index contributed by atoms with van der Waals surface area (Å²) in [6.45, 7) is 7.22. The Morgan fingerprint density at radius 3 is 2.54 bits per heavy atom. The predicted molar refractivity (Wildman–Crippen MR) is 91.8 cm³/mol. The molecule has 0 aromatic carbocycles. The number of aryl methyl sites for hydroxylation is 3. The van der Waals surface area contributed by atoms with Crippen LogP contribution in [0.1, 0.15) is 29.9 Å². The Labute approximate surface area is 141 Å². The number of hydrogen-bond acceptors (Lipinski definition) is 6. The van der Waals surface area contributed by atoms with Crippen LogP contribution in [-0.2, 0) is 4.79 Å². The number of hydrogen-bond donors (Lipinski definition) is 1. The first kappa shape index (κ1) is 16.3. The standard InChI is InChI=1S/C17H22N6O/c1-11-6-7-15(22-21-11)23-8-4-5-14(10-23)16(24)20-17-18-12(2)9-13(3)19-17/h6-7,9,14H,4-5,8,10H2,1-3H3,(H,18,19,20,24). The minimum atomic E-state index is -0.105. The smallest absolute Gasteiger partial charge is 0.231 e. The Morgan fingerprint density at radius 1 is 1.12 bits per heavy atom. The van der Waals surface area contributed by atoms with E-state index in [4.69, 9.17) is 0 Å². The van der Waals surface area contributed by atoms with E-state index < -0.39 is 0 Å². The van der Waals surface area contributed by atoms with E-state index in [1.807, 2.05) is 39.0 Å². The van der Waals surface area contributed by atoms with Crippen LogP contribution < -0.4 is 10.2 Å². The molecule has 2 aromatic rings. The molecular formula is C17H22N6O. The van der Waals surface area contributed by atoms with Crippen molar-refractivity contribution in [3.05, 3.63) is 35.3 Å². The molecule has 1 unspecified atom stereocenters. The quantitative estimate of drug-likeness (QED) is 0.929. The highest BCUT2D eigenvalue weighted by Crippen LogP contribution is 2.22. The summed E-state index contributed by atoms with van der Waals surface area (Å²) >= 11 is 0. The van der Waals surface area contributed by atoms with Gasteiger partial charge in [0.1, 0.15) is 0 Å². The maximum Gasteiger partial charge on any atom is 0.231 e. The van der Waals surface area contributed by atoms with Crippen LogP contribution in [0.2, 0.25) is 0 Å². The van der Waals surface area contributed by atoms with Gasteiger partial charge in [0, 0.05) is 24.5 Å². The molecule has 24 heavy (non-hydrogen) atoms. The fraction of sp³-hybridized carbons (Fsp3) is 0.471. The lowest BCUT2D eigenvalue weighted by Gasteiger charge is -2.32. The average Bonchev–Trinajstić information content (AvgIpc) is 2.54. The van der Waals surface area contributed by atoms with Crippen LogP contribution in [-0.4, -0.2) is 39.2 Å². The topological polar surface area (TPSA) is 83.9 Å². The van der Waals surface area contributed by atoms with Crippen molar-refractivity contribution in [1.29, 1.82) is 0 Å². The van der Waals surface area contributed by atoms with E-state index >= 15 is 0 Å². The van der Waals surface area contributed by atoms with Crippen molar-refractivity contribution in [1.82, 2.24) is 20.2 Å². The highest BCUT2D eigenvalue weighted by Gasteiger charge is 2.27. The molecule has 0 aliphatic carbocycles. The largest absolute Gasteiger partial charge is 0.354 e. The molecule has 3 heterocycles. The molecule has 0 radical (unpaired) electrons. The minimum Gasteiger partial charge on any atom is -0.354 e. The van der Waals surface area contributed by atoms with Gasteiger partial charge in [-0.05, 0) is 51.8 Å². The van der Waals surface area contributed by atoms with Gasteiger partial charge in [-0.3, -0.25) is 10.1 Å². The van der Waals surface area contributed by atoms with E-state index in [2.05, 4.69) is 30.4 Å². The van der Waals surface area contributed by atoms with Gasteiger partial charge in [0.15, 0.2) is 5.82 Å². The van der Waals surface area contributed by atoms with Gasteiger partial charge in [-0.2, -0.15) is 5.10 Å². The van der Waals surface area contributed by atoms with Crippen molar-refractivity contribution in [2.24, 2.45) is 5.92 Å². The number of carbonyl (C=O) groups is 1. The summed E-state index contributed by atoms with van der Waals surface area (Å²) in [6.07, 6.45) is 1.80. The average molecular weight is 326 g/mol. The Balaban J connectivity index is 1.67. The fourth-order valence-electron chi connectivity index (χ4n) is 2.95. The van der Waals surface area contributed by atoms with Crippen LogP contribution in [0.5, 0.6) is 0 Å². The first-order valence-electron chi connectivity index (χ1n) is 8.20. The van der Waals surface area contributed by atoms with Crippen LogP contribution in [0.4, 0.5) is 11.8 Å². The first-order chi connectivity index (χ1) is 11.5. The molecular weight excluding hydrogens is 304 g/mol. The second kappa shape index (κ2) is 6.90. The molecule has 1 fully saturated rings. The zero-order valence-electron chi connectivity index (χ0n) is 14.3. The zero-order chi connectivity index (χ0) is 17.1. The number of nitrogens with zero attached hydrogens (tertiary/aromatic N) is 5. The summed E-state index contributed by atoms with van der Waals surface area (Å²) in [5, 5.41) is 11.2. The molecule has 1 amide bonds. The molecule has 1 aliphatic heterocycles. The SMILES string of the molecule is Cc1ccc(N2CCCC(C(=O)Nc3nc(C)cc(C)n3)C2)nn1. The lowest BCUT2D eigenvalue weighted by atomic mass is 9.97. The summed E-state index contributed by atoms with van der Waals surface area (Å²) in [6, 6.07) is 5.78. The first-order valence-corrected chi connectivity index (χ1v) is 8.20. The van der Waals surface area contributed by atoms with Crippen molar-refractivity contribution in [3.63, 3.8) is 0 Å². The number of nitrogens with one attached hydrogen (secondary N) is 1. The predicted octanol–water partition coefficient (Wildman–Crippen LogP) is 2.05. The second-order valence-electron chi connectivity index (χ2n) is 6.28. The third kappa shape index (κ3) is 3.84. The monoisotopic (exact) mass is 326 g/mol. The third-order valence-corrected chi connectivity index (χ3v) is 4.12. The number of rotatable bonds is 3. The Morgan fingerprint density at radius 2 is 1.88 bits per heavy atom. The molecule has 0 bridgehead atoms. The van der Waals surface area contributed by atoms with Crippen molar-refractivity contribution in [2.45, 2.75) is 33.6 Å². The van der Waals surface area contributed by atoms with Gasteiger partial charge in [-0.25, -0.2) is 9.97 Å². The lowest BCUT2D eigenvalue weighted by molar-refractivity contribution is -0.120. The molecule has 7 heteroatoms. The highest BCUT2D eigenvalue weighted by molar-refractivity contribution is 5.91. The van der Waals surface area contributed by atoms with Crippen molar-refractivity contribution < 1.29 is 4.79 Å². The summed E-state index contributed by atoms with van der Waals surface area (Å²) in [4.78, 5) is 23.2. The minimum absolute atomic E-state index is 0.0372. The zero-order valence-corrected chi connectivity index (χ0v) is 14.3. The molecule has 1 atom stereocenters. The van der Waals surface area contributed by atoms with Crippen molar-refractivity contribution in [3.8, 4) is 0 Å². The molecule has 1 aliphatic rings. The van der Waals surface area contributed by atoms with Crippen molar-refractivity contribution >= 4 is 17.7 Å². The van der Waals surface area contributed by atoms with Crippen LogP contribution in [0, 0.1) is 26.7 Å². The number of aromatic nitrogens is 4. The summed E-state index contributed by atoms with van der Waals surface area (Å²) in [7, 11) is 0. The fourth-order valence-corrected chi connectivity index (χ4v) is 2.95. The van der Waals surface area contributed by atoms with Gasteiger partial charge in [0.2, 0.25) is 11.9 Å². The maximum absolute atomic E-state index is 12.6. The number of piperidine rings is 1. The van der Waals surface area contributed by atoms with Crippen LogP contribution >= 0.6 is 0 Å². The second-order valence-corrected chi connectivity index (χ2v) is 6.28. The Bertz CT molecular complexity index is 710. The summed E-state index contributed by atoms with van der Waals surface area (Å²) in [5.41, 5.74) is 2.58. The van der Waals surface area contributed by atoms with Gasteiger partial charge in [-0.15, -0.1) is 5.10 Å². The van der Waals surface area contributed by atoms with Crippen LogP contribution in [0.15, 0.2) is 18.2 Å². The van der Waals surface area contributed by atoms with Gasteiger partial charge < -0.3 is 4.90 Å². The van der Waals surface area contributed by atoms with E-state index in [1.165, 1.54) is 0 Å². The molecule has 2 aromatic heterocycles. The number of anilines is 2. The van der Waals surface area contributed by atoms with E-state index in [0.717, 1.165) is 42.3 Å². The van der Waals surface area contributed by atoms with E-state index in [-0.39, 0.29) is 11.8 Å². The van der Waals surface area contributed by atoms with E-state index in [1.54, 1.807) is 0 Å². The highest BCUT2D eigenvalue weighted by atomic mass is 16.2. The van der Waals surface area contributed by atoms with Gasteiger partial charge in [0.05, 0.1) is 11.6 Å². The van der Waals surface area contributed by atoms with E-state index in [0.29, 0.717) is 12.5 Å². The van der Waals surface area contributed by atoms with Gasteiger partial charge in [-0.1, -0.05) is 0 Å². The molecule has 126 valence electrons. The third-order valence-electron chi connectivity index (χ3n) is 4.12. The molecule has 0 saturated carbocycles. The van der Waals surface area contributed by atoms with Gasteiger partial charge in [0.25, 0.3) is 0 Å². The van der Waals surface area contributed by atoms with E-state index in [9.17, 15) is 4.79 Å². The van der Waals surface area contributed by atoms with Crippen LogP contribution in [0.25, 0.3) is 0 Å². The molecule has 3 rings (SSSR count). The summed E-state index contributed by atoms with van der Waals surface area (Å²) < 4.78 is 0. The summed E-state index contributed by atoms with van der Waals surface area (Å²) in [5.74, 6) is 1.06. The van der Waals surface area contributed by atoms with Crippen LogP contribution in [0.3, 0.4) is 0 Å². The maximum atomic E-state index is 12.6. The molecule has 1 N–H and O–H groups in total. The molecule has 7 nitrogen and oxygen atoms in total. The molecule has 1 saturated heterocycles. The molecule has 0 spiro atoms. The Kier molecular flexibility index (Phi) is 4.69. The number of amides is 1. The Hall–Kier alpha value is -2.57.